The van der Waals surface area contributed by atoms with Crippen molar-refractivity contribution in [1.82, 2.24) is 4.90 Å². The van der Waals surface area contributed by atoms with E-state index in [1.54, 1.807) is 12.1 Å². The summed E-state index contributed by atoms with van der Waals surface area (Å²) < 4.78 is 25.1. The van der Waals surface area contributed by atoms with Crippen LogP contribution in [-0.4, -0.2) is 51.9 Å². The fourth-order valence-electron chi connectivity index (χ4n) is 5.15. The van der Waals surface area contributed by atoms with E-state index in [1.165, 1.54) is 0 Å². The summed E-state index contributed by atoms with van der Waals surface area (Å²) in [7, 11) is -4.16. The van der Waals surface area contributed by atoms with Crippen molar-refractivity contribution in [1.29, 1.82) is 0 Å². The van der Waals surface area contributed by atoms with Gasteiger partial charge in [0, 0.05) is 36.9 Å². The van der Waals surface area contributed by atoms with E-state index in [4.69, 9.17) is 16.7 Å². The van der Waals surface area contributed by atoms with Crippen molar-refractivity contribution in [3.05, 3.63) is 59.1 Å². The molecule has 0 aromatic heterocycles. The predicted molar refractivity (Wildman–Crippen MR) is 133 cm³/mol. The summed E-state index contributed by atoms with van der Waals surface area (Å²) in [6.07, 6.45) is 2.92. The van der Waals surface area contributed by atoms with Gasteiger partial charge < -0.3 is 4.90 Å². The van der Waals surface area contributed by atoms with Gasteiger partial charge in [-0.15, -0.1) is 0 Å². The van der Waals surface area contributed by atoms with Crippen LogP contribution in [0.2, 0.25) is 5.02 Å². The number of carbonyl (C=O) groups excluding carboxylic acids is 1. The van der Waals surface area contributed by atoms with Gasteiger partial charge in [-0.25, -0.2) is 5.14 Å². The smallest absolute Gasteiger partial charge is 0.305 e. The Bertz CT molecular complexity index is 1120. The lowest BCUT2D eigenvalue weighted by atomic mass is 9.75. The van der Waals surface area contributed by atoms with Crippen LogP contribution >= 0.6 is 11.6 Å². The molecule has 2 N–H and O–H groups in total. The molecule has 1 saturated heterocycles. The Kier molecular flexibility index (Phi) is 7.00. The number of amides is 1. The molecule has 2 aromatic carbocycles. The maximum absolute atomic E-state index is 13.3. The Morgan fingerprint density at radius 2 is 1.76 bits per heavy atom. The minimum Gasteiger partial charge on any atom is -0.369 e. The minimum absolute atomic E-state index is 0.393. The number of nitrogens with two attached hydrogens (primary N) is 1. The van der Waals surface area contributed by atoms with Crippen LogP contribution in [0.3, 0.4) is 0 Å². The van der Waals surface area contributed by atoms with Crippen molar-refractivity contribution in [3.63, 3.8) is 0 Å². The summed E-state index contributed by atoms with van der Waals surface area (Å²) in [5.41, 5.74) is 1.48. The molecule has 1 amide bonds. The summed E-state index contributed by atoms with van der Waals surface area (Å²) >= 11 is 6.13. The second-order valence-electron chi connectivity index (χ2n) is 8.83. The second-order valence-corrected chi connectivity index (χ2v) is 10.7. The van der Waals surface area contributed by atoms with Crippen LogP contribution < -0.4 is 14.3 Å². The topological polar surface area (TPSA) is 86.9 Å². The van der Waals surface area contributed by atoms with Gasteiger partial charge in [0.15, 0.2) is 0 Å². The number of piperazine rings is 1. The molecular weight excluding hydrogens is 460 g/mol. The number of halogens is 1. The van der Waals surface area contributed by atoms with E-state index in [-0.39, 0.29) is 0 Å². The highest BCUT2D eigenvalue weighted by molar-refractivity contribution is 7.91. The molecule has 7 nitrogen and oxygen atoms in total. The Morgan fingerprint density at radius 3 is 2.42 bits per heavy atom. The predicted octanol–water partition coefficient (Wildman–Crippen LogP) is 3.53. The first-order valence-electron chi connectivity index (χ1n) is 11.5. The molecule has 2 aliphatic rings. The van der Waals surface area contributed by atoms with Crippen molar-refractivity contribution < 1.29 is 13.2 Å². The van der Waals surface area contributed by atoms with E-state index in [0.29, 0.717) is 18.5 Å². The number of fused-ring (bicyclic) bond motifs is 1. The van der Waals surface area contributed by atoms with E-state index in [9.17, 15) is 13.2 Å². The third kappa shape index (κ3) is 4.75. The monoisotopic (exact) mass is 490 g/mol. The number of carbonyl (C=O) groups is 1. The van der Waals surface area contributed by atoms with Crippen molar-refractivity contribution >= 4 is 39.1 Å². The maximum atomic E-state index is 13.3. The normalized spacial score (nSPS) is 21.5. The zero-order chi connectivity index (χ0) is 23.6. The highest BCUT2D eigenvalue weighted by Crippen LogP contribution is 2.47. The average Bonchev–Trinajstić information content (AvgIpc) is 3.05. The highest BCUT2D eigenvalue weighted by atomic mass is 35.5. The molecule has 1 fully saturated rings. The molecule has 0 saturated carbocycles. The molecule has 2 heterocycles. The number of unbranched alkanes of at least 4 members (excludes halogenated alkanes) is 1. The number of rotatable bonds is 8. The first-order chi connectivity index (χ1) is 15.8. The Hall–Kier alpha value is -2.13. The third-order valence-corrected chi connectivity index (χ3v) is 8.07. The molecule has 0 radical (unpaired) electrons. The third-order valence-electron chi connectivity index (χ3n) is 6.96. The molecule has 4 rings (SSSR count). The zero-order valence-corrected chi connectivity index (χ0v) is 20.5. The van der Waals surface area contributed by atoms with Crippen LogP contribution in [0.1, 0.15) is 38.2 Å². The first kappa shape index (κ1) is 24.0. The molecule has 9 heteroatoms. The van der Waals surface area contributed by atoms with Gasteiger partial charge in [0.1, 0.15) is 0 Å². The molecule has 0 spiro atoms. The SMILES string of the molecule is CCC1(CCCCN2CCN(c3cccc(Cl)c3)CC2)C(=O)N(S(N)(=O)=O)c2ccccc21. The van der Waals surface area contributed by atoms with Crippen LogP contribution in [0.15, 0.2) is 48.5 Å². The number of hydrogen-bond donors (Lipinski definition) is 1. The second kappa shape index (κ2) is 9.62. The summed E-state index contributed by atoms with van der Waals surface area (Å²) in [6, 6.07) is 15.1. The molecule has 0 bridgehead atoms. The Labute approximate surface area is 201 Å². The van der Waals surface area contributed by atoms with Crippen molar-refractivity contribution in [3.8, 4) is 0 Å². The number of nitrogens with zero attached hydrogens (tertiary/aromatic N) is 3. The van der Waals surface area contributed by atoms with Gasteiger partial charge in [-0.1, -0.05) is 49.2 Å². The summed E-state index contributed by atoms with van der Waals surface area (Å²) in [5.74, 6) is -0.427. The van der Waals surface area contributed by atoms with E-state index in [2.05, 4.69) is 15.9 Å². The molecule has 1 atom stereocenters. The fraction of sp³-hybridized carbons (Fsp3) is 0.458. The lowest BCUT2D eigenvalue weighted by Crippen LogP contribution is -2.47. The van der Waals surface area contributed by atoms with Crippen LogP contribution in [0.5, 0.6) is 0 Å². The van der Waals surface area contributed by atoms with Crippen LogP contribution in [0, 0.1) is 0 Å². The van der Waals surface area contributed by atoms with Crippen molar-refractivity contribution in [2.45, 2.75) is 38.0 Å². The number of anilines is 2. The molecular formula is C24H31ClN4O3S. The average molecular weight is 491 g/mol. The largest absolute Gasteiger partial charge is 0.369 e. The standard InChI is InChI=1S/C24H31ClN4O3S/c1-2-24(21-10-3-4-11-22(21)29(23(24)30)33(26,31)32)12-5-6-13-27-14-16-28(17-15-27)20-9-7-8-19(25)18-20/h3-4,7-11,18H,2,5-6,12-17H2,1H3,(H2,26,31,32). The van der Waals surface area contributed by atoms with E-state index in [0.717, 1.165) is 66.1 Å². The summed E-state index contributed by atoms with van der Waals surface area (Å²) in [4.78, 5) is 18.1. The fourth-order valence-corrected chi connectivity index (χ4v) is 6.18. The van der Waals surface area contributed by atoms with Crippen molar-refractivity contribution in [2.75, 3.05) is 41.9 Å². The van der Waals surface area contributed by atoms with E-state index >= 15 is 0 Å². The quantitative estimate of drug-likeness (QED) is 0.572. The molecule has 178 valence electrons. The van der Waals surface area contributed by atoms with E-state index in [1.807, 2.05) is 37.3 Å². The van der Waals surface area contributed by atoms with Gasteiger partial charge in [0.2, 0.25) is 0 Å². The Morgan fingerprint density at radius 1 is 1.03 bits per heavy atom. The van der Waals surface area contributed by atoms with Crippen LogP contribution in [0.4, 0.5) is 11.4 Å². The van der Waals surface area contributed by atoms with Gasteiger partial charge in [-0.05, 0) is 55.6 Å². The van der Waals surface area contributed by atoms with Gasteiger partial charge in [0.25, 0.3) is 5.91 Å². The van der Waals surface area contributed by atoms with Crippen molar-refractivity contribution in [2.24, 2.45) is 5.14 Å². The van der Waals surface area contributed by atoms with Gasteiger partial charge in [0.05, 0.1) is 11.1 Å². The number of benzene rings is 2. The maximum Gasteiger partial charge on any atom is 0.305 e. The number of hydrogen-bond acceptors (Lipinski definition) is 5. The van der Waals surface area contributed by atoms with E-state index < -0.39 is 21.5 Å². The molecule has 33 heavy (non-hydrogen) atoms. The highest BCUT2D eigenvalue weighted by Gasteiger charge is 2.52. The van der Waals surface area contributed by atoms with Gasteiger partial charge in [-0.2, -0.15) is 12.7 Å². The first-order valence-corrected chi connectivity index (χ1v) is 13.3. The minimum atomic E-state index is -4.16. The zero-order valence-electron chi connectivity index (χ0n) is 18.9. The summed E-state index contributed by atoms with van der Waals surface area (Å²) in [6.45, 7) is 6.76. The van der Waals surface area contributed by atoms with Crippen LogP contribution in [-0.2, 0) is 20.4 Å². The number of para-hydroxylation sites is 1. The summed E-state index contributed by atoms with van der Waals surface area (Å²) in [5, 5.41) is 6.15. The van der Waals surface area contributed by atoms with Crippen LogP contribution in [0.25, 0.3) is 0 Å². The molecule has 0 aliphatic carbocycles. The lowest BCUT2D eigenvalue weighted by Gasteiger charge is -2.36. The Balaban J connectivity index is 1.34. The lowest BCUT2D eigenvalue weighted by molar-refractivity contribution is -0.122. The molecule has 1 unspecified atom stereocenters. The molecule has 2 aromatic rings. The van der Waals surface area contributed by atoms with Gasteiger partial charge >= 0.3 is 10.2 Å². The molecule has 2 aliphatic heterocycles. The van der Waals surface area contributed by atoms with Gasteiger partial charge in [-0.3, -0.25) is 9.69 Å².